The van der Waals surface area contributed by atoms with Crippen LogP contribution in [0.4, 0.5) is 0 Å². The molecule has 1 fully saturated rings. The number of ether oxygens (including phenoxy) is 3. The van der Waals surface area contributed by atoms with Crippen molar-refractivity contribution >= 4 is 0 Å². The second kappa shape index (κ2) is 6.17. The van der Waals surface area contributed by atoms with E-state index in [-0.39, 0.29) is 12.1 Å². The third-order valence-corrected chi connectivity index (χ3v) is 4.44. The summed E-state index contributed by atoms with van der Waals surface area (Å²) >= 11 is 0. The number of H-pyrrole nitrogens is 1. The fraction of sp³-hybridized carbons (Fsp3) is 0.500. The molecule has 1 saturated heterocycles. The normalized spacial score (nSPS) is 24.0. The molecule has 7 heteroatoms. The minimum absolute atomic E-state index is 0.190. The van der Waals surface area contributed by atoms with Crippen molar-refractivity contribution in [3.8, 4) is 11.5 Å². The first-order chi connectivity index (χ1) is 11.3. The van der Waals surface area contributed by atoms with Gasteiger partial charge < -0.3 is 14.2 Å². The lowest BCUT2D eigenvalue weighted by Crippen LogP contribution is -2.25. The van der Waals surface area contributed by atoms with Crippen LogP contribution in [0.25, 0.3) is 0 Å². The summed E-state index contributed by atoms with van der Waals surface area (Å²) < 4.78 is 16.8. The van der Waals surface area contributed by atoms with Gasteiger partial charge in [-0.15, -0.1) is 0 Å². The average molecular weight is 316 g/mol. The Hall–Kier alpha value is -2.12. The lowest BCUT2D eigenvalue weighted by atomic mass is 10.1. The SMILES string of the molecule is CO[C@@H]1C[C@@H](c2ncn[nH]2)N(Cc2ccc3c(c2)OCCO3)C1. The van der Waals surface area contributed by atoms with Gasteiger partial charge in [0.05, 0.1) is 12.1 Å². The van der Waals surface area contributed by atoms with Crippen molar-refractivity contribution in [3.05, 3.63) is 35.9 Å². The van der Waals surface area contributed by atoms with E-state index in [9.17, 15) is 0 Å². The summed E-state index contributed by atoms with van der Waals surface area (Å²) in [6.45, 7) is 2.90. The minimum Gasteiger partial charge on any atom is -0.486 e. The highest BCUT2D eigenvalue weighted by Gasteiger charge is 2.35. The van der Waals surface area contributed by atoms with E-state index in [0.29, 0.717) is 13.2 Å². The largest absolute Gasteiger partial charge is 0.486 e. The Kier molecular flexibility index (Phi) is 3.88. The molecule has 2 aromatic rings. The van der Waals surface area contributed by atoms with Crippen LogP contribution in [0, 0.1) is 0 Å². The molecule has 1 aromatic carbocycles. The van der Waals surface area contributed by atoms with Gasteiger partial charge in [-0.2, -0.15) is 5.10 Å². The van der Waals surface area contributed by atoms with Gasteiger partial charge in [-0.3, -0.25) is 10.00 Å². The van der Waals surface area contributed by atoms with Gasteiger partial charge in [-0.1, -0.05) is 6.07 Å². The lowest BCUT2D eigenvalue weighted by Gasteiger charge is -2.24. The van der Waals surface area contributed by atoms with Gasteiger partial charge in [0.2, 0.25) is 0 Å². The molecular weight excluding hydrogens is 296 g/mol. The zero-order chi connectivity index (χ0) is 15.6. The Balaban J connectivity index is 1.54. The molecule has 0 radical (unpaired) electrons. The van der Waals surface area contributed by atoms with Gasteiger partial charge in [0.25, 0.3) is 0 Å². The highest BCUT2D eigenvalue weighted by molar-refractivity contribution is 5.43. The van der Waals surface area contributed by atoms with Crippen molar-refractivity contribution in [3.63, 3.8) is 0 Å². The van der Waals surface area contributed by atoms with Crippen LogP contribution >= 0.6 is 0 Å². The Labute approximate surface area is 134 Å². The van der Waals surface area contributed by atoms with Crippen LogP contribution in [0.15, 0.2) is 24.5 Å². The molecule has 2 atom stereocenters. The molecule has 0 bridgehead atoms. The van der Waals surface area contributed by atoms with Gasteiger partial charge >= 0.3 is 0 Å². The Bertz CT molecular complexity index is 661. The van der Waals surface area contributed by atoms with Crippen molar-refractivity contribution in [1.82, 2.24) is 20.1 Å². The summed E-state index contributed by atoms with van der Waals surface area (Å²) in [5.74, 6) is 2.54. The van der Waals surface area contributed by atoms with E-state index in [1.54, 1.807) is 13.4 Å². The predicted molar refractivity (Wildman–Crippen MR) is 82.4 cm³/mol. The zero-order valence-electron chi connectivity index (χ0n) is 13.1. The molecule has 0 aliphatic carbocycles. The third-order valence-electron chi connectivity index (χ3n) is 4.44. The molecule has 0 saturated carbocycles. The fourth-order valence-electron chi connectivity index (χ4n) is 3.29. The molecule has 1 aromatic heterocycles. The van der Waals surface area contributed by atoms with E-state index in [1.807, 2.05) is 6.07 Å². The van der Waals surface area contributed by atoms with Gasteiger partial charge in [0, 0.05) is 20.2 Å². The highest BCUT2D eigenvalue weighted by Crippen LogP contribution is 2.35. The molecule has 0 unspecified atom stereocenters. The van der Waals surface area contributed by atoms with E-state index in [0.717, 1.165) is 36.8 Å². The molecule has 4 rings (SSSR count). The van der Waals surface area contributed by atoms with E-state index in [1.165, 1.54) is 5.56 Å². The van der Waals surface area contributed by atoms with Crippen molar-refractivity contribution in [1.29, 1.82) is 0 Å². The first-order valence-corrected chi connectivity index (χ1v) is 7.84. The number of aromatic amines is 1. The van der Waals surface area contributed by atoms with Crippen LogP contribution in [0.5, 0.6) is 11.5 Å². The van der Waals surface area contributed by atoms with Crippen LogP contribution in [0.2, 0.25) is 0 Å². The molecule has 2 aliphatic heterocycles. The van der Waals surface area contributed by atoms with Gasteiger partial charge in [0.1, 0.15) is 25.4 Å². The van der Waals surface area contributed by atoms with E-state index in [2.05, 4.69) is 32.2 Å². The summed E-state index contributed by atoms with van der Waals surface area (Å²) in [6.07, 6.45) is 2.68. The zero-order valence-corrected chi connectivity index (χ0v) is 13.1. The maximum absolute atomic E-state index is 5.67. The summed E-state index contributed by atoms with van der Waals surface area (Å²) in [4.78, 5) is 6.68. The molecule has 1 N–H and O–H groups in total. The summed E-state index contributed by atoms with van der Waals surface area (Å²) in [5.41, 5.74) is 1.19. The van der Waals surface area contributed by atoms with Crippen molar-refractivity contribution in [2.24, 2.45) is 0 Å². The molecule has 3 heterocycles. The maximum Gasteiger partial charge on any atom is 0.161 e. The number of hydrogen-bond acceptors (Lipinski definition) is 6. The van der Waals surface area contributed by atoms with Crippen molar-refractivity contribution < 1.29 is 14.2 Å². The number of methoxy groups -OCH3 is 1. The van der Waals surface area contributed by atoms with Gasteiger partial charge in [-0.05, 0) is 24.1 Å². The number of benzene rings is 1. The topological polar surface area (TPSA) is 72.5 Å². The van der Waals surface area contributed by atoms with Crippen LogP contribution in [0.1, 0.15) is 23.9 Å². The number of rotatable bonds is 4. The maximum atomic E-state index is 5.67. The molecule has 122 valence electrons. The van der Waals surface area contributed by atoms with Crippen LogP contribution in [0.3, 0.4) is 0 Å². The Morgan fingerprint density at radius 2 is 2.17 bits per heavy atom. The first kappa shape index (κ1) is 14.5. The van der Waals surface area contributed by atoms with E-state index < -0.39 is 0 Å². The van der Waals surface area contributed by atoms with Gasteiger partial charge in [0.15, 0.2) is 11.5 Å². The van der Waals surface area contributed by atoms with Crippen LogP contribution in [-0.2, 0) is 11.3 Å². The number of nitrogens with zero attached hydrogens (tertiary/aromatic N) is 3. The quantitative estimate of drug-likeness (QED) is 0.922. The minimum atomic E-state index is 0.190. The molecule has 23 heavy (non-hydrogen) atoms. The Morgan fingerprint density at radius 3 is 2.96 bits per heavy atom. The average Bonchev–Trinajstić information content (AvgIpc) is 3.24. The first-order valence-electron chi connectivity index (χ1n) is 7.84. The third kappa shape index (κ3) is 2.89. The molecule has 2 aliphatic rings. The number of nitrogens with one attached hydrogen (secondary N) is 1. The van der Waals surface area contributed by atoms with Crippen LogP contribution < -0.4 is 9.47 Å². The molecular formula is C16H20N4O3. The summed E-state index contributed by atoms with van der Waals surface area (Å²) in [7, 11) is 1.76. The molecule has 0 spiro atoms. The second-order valence-corrected chi connectivity index (χ2v) is 5.89. The fourth-order valence-corrected chi connectivity index (χ4v) is 3.29. The molecule has 0 amide bonds. The molecule has 7 nitrogen and oxygen atoms in total. The lowest BCUT2D eigenvalue weighted by molar-refractivity contribution is 0.107. The summed E-state index contributed by atoms with van der Waals surface area (Å²) in [5, 5.41) is 6.96. The number of hydrogen-bond donors (Lipinski definition) is 1. The van der Waals surface area contributed by atoms with E-state index >= 15 is 0 Å². The van der Waals surface area contributed by atoms with Crippen molar-refractivity contribution in [2.45, 2.75) is 25.1 Å². The standard InChI is InChI=1S/C16H20N4O3/c1-21-12-7-13(16-17-10-18-19-16)20(9-12)8-11-2-3-14-15(6-11)23-5-4-22-14/h2-3,6,10,12-13H,4-5,7-9H2,1H3,(H,17,18,19)/t12-,13+/m1/s1. The summed E-state index contributed by atoms with van der Waals surface area (Å²) in [6, 6.07) is 6.32. The predicted octanol–water partition coefficient (Wildman–Crippen LogP) is 1.54. The van der Waals surface area contributed by atoms with Gasteiger partial charge in [-0.25, -0.2) is 4.98 Å². The number of aromatic nitrogens is 3. The second-order valence-electron chi connectivity index (χ2n) is 5.89. The van der Waals surface area contributed by atoms with Crippen molar-refractivity contribution in [2.75, 3.05) is 26.9 Å². The Morgan fingerprint density at radius 1 is 1.30 bits per heavy atom. The smallest absolute Gasteiger partial charge is 0.161 e. The van der Waals surface area contributed by atoms with Crippen LogP contribution in [-0.4, -0.2) is 53.1 Å². The monoisotopic (exact) mass is 316 g/mol. The number of likely N-dealkylation sites (tertiary alicyclic amines) is 1. The highest BCUT2D eigenvalue weighted by atomic mass is 16.6. The number of fused-ring (bicyclic) bond motifs is 1. The van der Waals surface area contributed by atoms with E-state index in [4.69, 9.17) is 14.2 Å².